The first-order chi connectivity index (χ1) is 14.6. The van der Waals surface area contributed by atoms with Crippen LogP contribution in [0.15, 0.2) is 106 Å². The predicted octanol–water partition coefficient (Wildman–Crippen LogP) is 5.55. The number of Topliss-reactive ketones (excluding diaryl/α,β-unsaturated/α-hetero) is 1. The van der Waals surface area contributed by atoms with Crippen LogP contribution in [0.3, 0.4) is 0 Å². The summed E-state index contributed by atoms with van der Waals surface area (Å²) in [5, 5.41) is 9.88. The van der Waals surface area contributed by atoms with Gasteiger partial charge < -0.3 is 10.5 Å². The molecule has 0 saturated heterocycles. The fourth-order valence-electron chi connectivity index (χ4n) is 3.56. The van der Waals surface area contributed by atoms with Gasteiger partial charge >= 0.3 is 0 Å². The smallest absolute Gasteiger partial charge is 0.205 e. The highest BCUT2D eigenvalue weighted by atomic mass is 79.9. The second-order valence-electron chi connectivity index (χ2n) is 6.78. The molecular formula is C25H17BrN2O2. The van der Waals surface area contributed by atoms with E-state index in [1.54, 1.807) is 12.1 Å². The van der Waals surface area contributed by atoms with Gasteiger partial charge in [0.15, 0.2) is 5.78 Å². The zero-order valence-corrected chi connectivity index (χ0v) is 17.5. The van der Waals surface area contributed by atoms with E-state index in [2.05, 4.69) is 22.0 Å². The summed E-state index contributed by atoms with van der Waals surface area (Å²) in [6.07, 6.45) is 0. The molecule has 1 heterocycles. The highest BCUT2D eigenvalue weighted by Crippen LogP contribution is 2.44. The summed E-state index contributed by atoms with van der Waals surface area (Å²) in [5.41, 5.74) is 8.77. The average molecular weight is 457 g/mol. The lowest BCUT2D eigenvalue weighted by Gasteiger charge is -2.29. The molecule has 3 aromatic rings. The molecule has 1 aliphatic heterocycles. The third-order valence-electron chi connectivity index (χ3n) is 4.92. The maximum Gasteiger partial charge on any atom is 0.205 e. The normalized spacial score (nSPS) is 16.1. The van der Waals surface area contributed by atoms with Gasteiger partial charge in [-0.05, 0) is 17.7 Å². The lowest BCUT2D eigenvalue weighted by Crippen LogP contribution is -2.24. The standard InChI is InChI=1S/C25H17BrN2O2/c26-19-13-7-12-18(14-19)21-20(15-27)25(28)30-24(17-10-5-2-6-11-17)22(21)23(29)16-8-3-1-4-9-16/h1-14,21H,28H2/t21-/m0/s1. The Kier molecular flexibility index (Phi) is 5.51. The molecule has 0 aromatic heterocycles. The van der Waals surface area contributed by atoms with E-state index >= 15 is 0 Å². The SMILES string of the molecule is N#CC1=C(N)OC(c2ccccc2)=C(C(=O)c2ccccc2)[C@H]1c1cccc(Br)c1. The van der Waals surface area contributed by atoms with E-state index in [0.29, 0.717) is 16.9 Å². The summed E-state index contributed by atoms with van der Waals surface area (Å²) < 4.78 is 6.74. The molecule has 0 radical (unpaired) electrons. The number of rotatable bonds is 4. The van der Waals surface area contributed by atoms with Gasteiger partial charge in [-0.2, -0.15) is 5.26 Å². The number of nitriles is 1. The van der Waals surface area contributed by atoms with Gasteiger partial charge in [-0.3, -0.25) is 4.79 Å². The molecular weight excluding hydrogens is 440 g/mol. The molecule has 1 aliphatic rings. The number of hydrogen-bond acceptors (Lipinski definition) is 4. The number of halogens is 1. The van der Waals surface area contributed by atoms with Crippen molar-refractivity contribution in [1.82, 2.24) is 0 Å². The second kappa shape index (κ2) is 8.40. The first-order valence-corrected chi connectivity index (χ1v) is 10.1. The molecule has 4 nitrogen and oxygen atoms in total. The Morgan fingerprint density at radius 1 is 0.967 bits per heavy atom. The van der Waals surface area contributed by atoms with Crippen molar-refractivity contribution in [3.05, 3.63) is 123 Å². The molecule has 30 heavy (non-hydrogen) atoms. The minimum absolute atomic E-state index is 0.00550. The van der Waals surface area contributed by atoms with Crippen LogP contribution in [0, 0.1) is 11.3 Å². The largest absolute Gasteiger partial charge is 0.439 e. The van der Waals surface area contributed by atoms with E-state index in [1.807, 2.05) is 72.8 Å². The number of allylic oxidation sites excluding steroid dienone is 2. The number of nitrogens with zero attached hydrogens (tertiary/aromatic N) is 1. The van der Waals surface area contributed by atoms with Crippen LogP contribution in [0.5, 0.6) is 0 Å². The summed E-state index contributed by atoms with van der Waals surface area (Å²) in [4.78, 5) is 13.7. The van der Waals surface area contributed by atoms with Crippen LogP contribution < -0.4 is 5.73 Å². The number of hydrogen-bond donors (Lipinski definition) is 1. The summed E-state index contributed by atoms with van der Waals surface area (Å²) in [7, 11) is 0. The van der Waals surface area contributed by atoms with Crippen molar-refractivity contribution in [2.24, 2.45) is 5.73 Å². The number of nitrogens with two attached hydrogens (primary N) is 1. The van der Waals surface area contributed by atoms with Gasteiger partial charge in [0.25, 0.3) is 0 Å². The quantitative estimate of drug-likeness (QED) is 0.521. The van der Waals surface area contributed by atoms with Gasteiger partial charge in [-0.1, -0.05) is 88.7 Å². The van der Waals surface area contributed by atoms with Crippen LogP contribution in [0.25, 0.3) is 5.76 Å². The molecule has 0 saturated carbocycles. The second-order valence-corrected chi connectivity index (χ2v) is 7.70. The predicted molar refractivity (Wildman–Crippen MR) is 119 cm³/mol. The molecule has 2 N–H and O–H groups in total. The Morgan fingerprint density at radius 2 is 1.63 bits per heavy atom. The van der Waals surface area contributed by atoms with E-state index in [-0.39, 0.29) is 17.2 Å². The van der Waals surface area contributed by atoms with Crippen LogP contribution in [0.2, 0.25) is 0 Å². The van der Waals surface area contributed by atoms with Crippen molar-refractivity contribution in [1.29, 1.82) is 5.26 Å². The zero-order chi connectivity index (χ0) is 21.1. The topological polar surface area (TPSA) is 76.1 Å². The minimum atomic E-state index is -0.649. The summed E-state index contributed by atoms with van der Waals surface area (Å²) in [6, 6.07) is 28.0. The van der Waals surface area contributed by atoms with Gasteiger partial charge in [-0.25, -0.2) is 0 Å². The summed E-state index contributed by atoms with van der Waals surface area (Å²) >= 11 is 3.49. The number of ketones is 1. The third-order valence-corrected chi connectivity index (χ3v) is 5.41. The Morgan fingerprint density at radius 3 is 2.27 bits per heavy atom. The van der Waals surface area contributed by atoms with Crippen LogP contribution in [0.4, 0.5) is 0 Å². The van der Waals surface area contributed by atoms with Crippen LogP contribution in [-0.2, 0) is 4.74 Å². The van der Waals surface area contributed by atoms with Crippen molar-refractivity contribution in [3.8, 4) is 6.07 Å². The van der Waals surface area contributed by atoms with Gasteiger partial charge in [0, 0.05) is 15.6 Å². The van der Waals surface area contributed by atoms with E-state index in [9.17, 15) is 10.1 Å². The lowest BCUT2D eigenvalue weighted by atomic mass is 9.79. The van der Waals surface area contributed by atoms with Crippen LogP contribution >= 0.6 is 15.9 Å². The molecule has 4 rings (SSSR count). The maximum absolute atomic E-state index is 13.7. The summed E-state index contributed by atoms with van der Waals surface area (Å²) in [6.45, 7) is 0. The first kappa shape index (κ1) is 19.7. The van der Waals surface area contributed by atoms with Crippen molar-refractivity contribution in [3.63, 3.8) is 0 Å². The van der Waals surface area contributed by atoms with E-state index in [0.717, 1.165) is 15.6 Å². The third kappa shape index (κ3) is 3.66. The number of carbonyl (C=O) groups is 1. The monoisotopic (exact) mass is 456 g/mol. The first-order valence-electron chi connectivity index (χ1n) is 9.32. The molecule has 0 aliphatic carbocycles. The van der Waals surface area contributed by atoms with Crippen LogP contribution in [-0.4, -0.2) is 5.78 Å². The highest BCUT2D eigenvalue weighted by molar-refractivity contribution is 9.10. The van der Waals surface area contributed by atoms with Crippen molar-refractivity contribution >= 4 is 27.5 Å². The Labute approximate surface area is 183 Å². The van der Waals surface area contributed by atoms with Crippen molar-refractivity contribution < 1.29 is 9.53 Å². The fraction of sp³-hybridized carbons (Fsp3) is 0.0400. The maximum atomic E-state index is 13.7. The Hall–Kier alpha value is -3.62. The Bertz CT molecular complexity index is 1210. The molecule has 0 fully saturated rings. The van der Waals surface area contributed by atoms with Gasteiger partial charge in [-0.15, -0.1) is 0 Å². The minimum Gasteiger partial charge on any atom is -0.439 e. The molecule has 3 aromatic carbocycles. The Balaban J connectivity index is 2.01. The molecule has 5 heteroatoms. The lowest BCUT2D eigenvalue weighted by molar-refractivity contribution is 0.102. The van der Waals surface area contributed by atoms with Gasteiger partial charge in [0.1, 0.15) is 17.4 Å². The molecule has 146 valence electrons. The molecule has 0 spiro atoms. The van der Waals surface area contributed by atoms with Gasteiger partial charge in [0.2, 0.25) is 5.88 Å². The number of carbonyl (C=O) groups excluding carboxylic acids is 1. The molecule has 1 atom stereocenters. The van der Waals surface area contributed by atoms with E-state index in [1.165, 1.54) is 0 Å². The average Bonchev–Trinajstić information content (AvgIpc) is 2.79. The number of benzene rings is 3. The summed E-state index contributed by atoms with van der Waals surface area (Å²) in [5.74, 6) is -0.485. The van der Waals surface area contributed by atoms with Crippen molar-refractivity contribution in [2.45, 2.75) is 5.92 Å². The highest BCUT2D eigenvalue weighted by Gasteiger charge is 2.37. The van der Waals surface area contributed by atoms with Gasteiger partial charge in [0.05, 0.1) is 11.5 Å². The zero-order valence-electron chi connectivity index (χ0n) is 15.9. The van der Waals surface area contributed by atoms with E-state index in [4.69, 9.17) is 10.5 Å². The van der Waals surface area contributed by atoms with Crippen molar-refractivity contribution in [2.75, 3.05) is 0 Å². The fourth-order valence-corrected chi connectivity index (χ4v) is 3.98. The van der Waals surface area contributed by atoms with E-state index < -0.39 is 5.92 Å². The molecule has 0 bridgehead atoms. The molecule has 0 amide bonds. The molecule has 0 unspecified atom stereocenters. The number of ether oxygens (including phenoxy) is 1. The van der Waals surface area contributed by atoms with Crippen LogP contribution in [0.1, 0.15) is 27.4 Å².